The monoisotopic (exact) mass is 477 g/mol. The van der Waals surface area contributed by atoms with Crippen molar-refractivity contribution >= 4 is 11.6 Å². The second kappa shape index (κ2) is 8.90. The standard InChI is InChI=1S/C20H15F4N7O3/c21-7-11(8-25)9-30-19(33)31-15(29-30)6-5-14(17(31)34-18(32)20(22,23)24)12-1-3-13(4-2-12)16-26-10-27-28-16/h1-7,10H,8-9,25H2,(H,26,27,28)/b11-7+. The van der Waals surface area contributed by atoms with Gasteiger partial charge in [-0.15, -0.1) is 5.10 Å². The highest BCUT2D eigenvalue weighted by Gasteiger charge is 2.42. The Morgan fingerprint density at radius 2 is 1.85 bits per heavy atom. The lowest BCUT2D eigenvalue weighted by molar-refractivity contribution is -0.190. The van der Waals surface area contributed by atoms with Gasteiger partial charge in [0.1, 0.15) is 6.33 Å². The normalized spacial score (nSPS) is 12.3. The summed E-state index contributed by atoms with van der Waals surface area (Å²) in [5.74, 6) is -2.76. The van der Waals surface area contributed by atoms with Crippen LogP contribution >= 0.6 is 0 Å². The molecule has 3 aromatic heterocycles. The Kier molecular flexibility index (Phi) is 5.98. The van der Waals surface area contributed by atoms with E-state index in [4.69, 9.17) is 5.73 Å². The summed E-state index contributed by atoms with van der Waals surface area (Å²) in [6, 6.07) is 9.01. The molecule has 0 unspecified atom stereocenters. The van der Waals surface area contributed by atoms with E-state index in [2.05, 4.69) is 25.0 Å². The van der Waals surface area contributed by atoms with E-state index in [9.17, 15) is 27.2 Å². The summed E-state index contributed by atoms with van der Waals surface area (Å²) in [6.07, 6.45) is -3.80. The molecule has 0 fully saturated rings. The summed E-state index contributed by atoms with van der Waals surface area (Å²) in [5.41, 5.74) is 5.33. The average molecular weight is 477 g/mol. The average Bonchev–Trinajstić information content (AvgIpc) is 3.46. The third-order valence-corrected chi connectivity index (χ3v) is 4.77. The number of hydrogen-bond donors (Lipinski definition) is 2. The van der Waals surface area contributed by atoms with Gasteiger partial charge in [-0.1, -0.05) is 24.3 Å². The van der Waals surface area contributed by atoms with Crippen LogP contribution in [-0.4, -0.2) is 48.1 Å². The van der Waals surface area contributed by atoms with Crippen molar-refractivity contribution in [2.24, 2.45) is 5.73 Å². The Morgan fingerprint density at radius 3 is 2.44 bits per heavy atom. The lowest BCUT2D eigenvalue weighted by Crippen LogP contribution is -2.30. The second-order valence-electron chi connectivity index (χ2n) is 6.96. The maximum Gasteiger partial charge on any atom is 0.491 e. The molecule has 0 aliphatic heterocycles. The van der Waals surface area contributed by atoms with Crippen molar-refractivity contribution in [3.8, 4) is 28.4 Å². The number of aromatic amines is 1. The van der Waals surface area contributed by atoms with Crippen LogP contribution in [0.1, 0.15) is 0 Å². The molecular weight excluding hydrogens is 462 g/mol. The van der Waals surface area contributed by atoms with E-state index in [1.54, 1.807) is 12.1 Å². The van der Waals surface area contributed by atoms with Crippen LogP contribution in [0.3, 0.4) is 0 Å². The quantitative estimate of drug-likeness (QED) is 0.321. The van der Waals surface area contributed by atoms with E-state index in [1.165, 1.54) is 30.6 Å². The number of rotatable bonds is 6. The third kappa shape index (κ3) is 4.30. The lowest BCUT2D eigenvalue weighted by atomic mass is 10.0. The molecule has 34 heavy (non-hydrogen) atoms. The number of hydrogen-bond acceptors (Lipinski definition) is 7. The maximum atomic E-state index is 13.0. The van der Waals surface area contributed by atoms with Crippen LogP contribution in [-0.2, 0) is 11.3 Å². The van der Waals surface area contributed by atoms with Gasteiger partial charge in [0.2, 0.25) is 5.88 Å². The largest absolute Gasteiger partial charge is 0.491 e. The molecule has 0 spiro atoms. The molecule has 0 atom stereocenters. The topological polar surface area (TPSA) is 133 Å². The molecule has 1 aromatic carbocycles. The predicted molar refractivity (Wildman–Crippen MR) is 110 cm³/mol. The number of ether oxygens (including phenoxy) is 1. The Morgan fingerprint density at radius 1 is 1.15 bits per heavy atom. The van der Waals surface area contributed by atoms with Crippen LogP contribution in [0.2, 0.25) is 0 Å². The van der Waals surface area contributed by atoms with E-state index in [0.29, 0.717) is 21.4 Å². The molecule has 176 valence electrons. The molecule has 0 aliphatic carbocycles. The Labute approximate surface area is 187 Å². The molecule has 10 nitrogen and oxygen atoms in total. The van der Waals surface area contributed by atoms with E-state index in [-0.39, 0.29) is 36.2 Å². The van der Waals surface area contributed by atoms with Gasteiger partial charge < -0.3 is 10.5 Å². The minimum absolute atomic E-state index is 0.0101. The fraction of sp³-hybridized carbons (Fsp3) is 0.150. The van der Waals surface area contributed by atoms with E-state index >= 15 is 0 Å². The summed E-state index contributed by atoms with van der Waals surface area (Å²) in [7, 11) is 0. The number of pyridine rings is 1. The number of nitrogens with two attached hydrogens (primary N) is 1. The Bertz CT molecular complexity index is 1420. The van der Waals surface area contributed by atoms with Gasteiger partial charge in [-0.25, -0.2) is 28.0 Å². The van der Waals surface area contributed by atoms with Crippen molar-refractivity contribution in [3.05, 3.63) is 65.1 Å². The molecule has 0 aliphatic rings. The van der Waals surface area contributed by atoms with Crippen molar-refractivity contribution in [2.45, 2.75) is 12.7 Å². The smallest absolute Gasteiger partial charge is 0.401 e. The molecule has 0 saturated heterocycles. The molecule has 0 bridgehead atoms. The molecule has 3 N–H and O–H groups in total. The lowest BCUT2D eigenvalue weighted by Gasteiger charge is -2.13. The second-order valence-corrected chi connectivity index (χ2v) is 6.96. The molecule has 4 rings (SSSR count). The molecular formula is C20H15F4N7O3. The maximum absolute atomic E-state index is 13.0. The Balaban J connectivity index is 1.87. The SMILES string of the molecule is NC/C(=C\F)Cn1nc2ccc(-c3ccc(-c4ncn[nH]4)cc3)c(OC(=O)C(F)(F)F)n2c1=O. The molecule has 0 amide bonds. The Hall–Kier alpha value is -4.33. The van der Waals surface area contributed by atoms with Gasteiger partial charge in [0.05, 0.1) is 12.9 Å². The van der Waals surface area contributed by atoms with Gasteiger partial charge in [0, 0.05) is 17.7 Å². The zero-order valence-electron chi connectivity index (χ0n) is 17.1. The highest BCUT2D eigenvalue weighted by Crippen LogP contribution is 2.33. The number of aromatic nitrogens is 6. The van der Waals surface area contributed by atoms with Crippen LogP contribution < -0.4 is 16.2 Å². The minimum atomic E-state index is -5.32. The number of nitrogens with zero attached hydrogens (tertiary/aromatic N) is 5. The number of H-pyrrole nitrogens is 1. The van der Waals surface area contributed by atoms with E-state index in [0.717, 1.165) is 4.68 Å². The van der Waals surface area contributed by atoms with E-state index in [1.807, 2.05) is 0 Å². The zero-order chi connectivity index (χ0) is 24.5. The van der Waals surface area contributed by atoms with Crippen LogP contribution in [0.15, 0.2) is 59.4 Å². The van der Waals surface area contributed by atoms with Crippen LogP contribution in [0.5, 0.6) is 5.88 Å². The summed E-state index contributed by atoms with van der Waals surface area (Å²) in [4.78, 5) is 28.6. The van der Waals surface area contributed by atoms with Gasteiger partial charge in [0.25, 0.3) is 0 Å². The van der Waals surface area contributed by atoms with Crippen molar-refractivity contribution in [1.82, 2.24) is 29.4 Å². The number of carbonyl (C=O) groups excluding carboxylic acids is 1. The van der Waals surface area contributed by atoms with E-state index < -0.39 is 23.7 Å². The van der Waals surface area contributed by atoms with Crippen molar-refractivity contribution < 1.29 is 27.1 Å². The summed E-state index contributed by atoms with van der Waals surface area (Å²) >= 11 is 0. The first-order valence-electron chi connectivity index (χ1n) is 9.59. The summed E-state index contributed by atoms with van der Waals surface area (Å²) in [6.45, 7) is -0.559. The number of nitrogens with one attached hydrogen (secondary N) is 1. The number of benzene rings is 1. The van der Waals surface area contributed by atoms with Crippen molar-refractivity contribution in [2.75, 3.05) is 6.54 Å². The highest BCUT2D eigenvalue weighted by molar-refractivity contribution is 5.81. The van der Waals surface area contributed by atoms with Crippen molar-refractivity contribution in [3.63, 3.8) is 0 Å². The van der Waals surface area contributed by atoms with Crippen LogP contribution in [0.4, 0.5) is 17.6 Å². The van der Waals surface area contributed by atoms with Gasteiger partial charge >= 0.3 is 17.8 Å². The number of esters is 1. The molecule has 3 heterocycles. The predicted octanol–water partition coefficient (Wildman–Crippen LogP) is 2.23. The van der Waals surface area contributed by atoms with Gasteiger partial charge in [-0.05, 0) is 23.3 Å². The zero-order valence-corrected chi connectivity index (χ0v) is 17.1. The number of carbonyl (C=O) groups is 1. The fourth-order valence-corrected chi connectivity index (χ4v) is 3.13. The number of halogens is 4. The highest BCUT2D eigenvalue weighted by atomic mass is 19.4. The van der Waals surface area contributed by atoms with Crippen LogP contribution in [0.25, 0.3) is 28.2 Å². The molecule has 14 heteroatoms. The first-order chi connectivity index (χ1) is 16.2. The van der Waals surface area contributed by atoms with Crippen molar-refractivity contribution in [1.29, 1.82) is 0 Å². The minimum Gasteiger partial charge on any atom is -0.401 e. The summed E-state index contributed by atoms with van der Waals surface area (Å²) in [5, 5.41) is 10.4. The fourth-order valence-electron chi connectivity index (χ4n) is 3.13. The first-order valence-corrected chi connectivity index (χ1v) is 9.59. The molecule has 0 saturated carbocycles. The first kappa shape index (κ1) is 22.8. The molecule has 4 aromatic rings. The number of alkyl halides is 3. The van der Waals surface area contributed by atoms with Gasteiger partial charge in [0.15, 0.2) is 11.5 Å². The summed E-state index contributed by atoms with van der Waals surface area (Å²) < 4.78 is 58.0. The van der Waals surface area contributed by atoms with Gasteiger partial charge in [-0.3, -0.25) is 5.10 Å². The molecule has 0 radical (unpaired) electrons. The van der Waals surface area contributed by atoms with Crippen LogP contribution in [0, 0.1) is 0 Å². The van der Waals surface area contributed by atoms with Gasteiger partial charge in [-0.2, -0.15) is 18.3 Å². The number of fused-ring (bicyclic) bond motifs is 1. The third-order valence-electron chi connectivity index (χ3n) is 4.77.